The number of piperidine rings is 1. The number of para-hydroxylation sites is 1. The van der Waals surface area contributed by atoms with E-state index in [0.29, 0.717) is 13.1 Å². The van der Waals surface area contributed by atoms with Crippen molar-refractivity contribution < 1.29 is 9.90 Å². The zero-order valence-electron chi connectivity index (χ0n) is 13.6. The summed E-state index contributed by atoms with van der Waals surface area (Å²) < 4.78 is 0. The zero-order valence-corrected chi connectivity index (χ0v) is 13.6. The molecule has 0 aliphatic carbocycles. The van der Waals surface area contributed by atoms with E-state index in [-0.39, 0.29) is 18.1 Å². The third-order valence-electron chi connectivity index (χ3n) is 4.72. The number of carbonyl (C=O) groups excluding carboxylic acids is 1. The van der Waals surface area contributed by atoms with E-state index in [4.69, 9.17) is 0 Å². The van der Waals surface area contributed by atoms with Gasteiger partial charge in [0.2, 0.25) is 5.91 Å². The van der Waals surface area contributed by atoms with Crippen LogP contribution in [0, 0.1) is 0 Å². The molecule has 1 fully saturated rings. The van der Waals surface area contributed by atoms with Gasteiger partial charge in [-0.2, -0.15) is 0 Å². The van der Waals surface area contributed by atoms with Gasteiger partial charge in [-0.05, 0) is 44.4 Å². The molecule has 3 N–H and O–H groups in total. The minimum atomic E-state index is -0.301. The molecule has 1 aliphatic heterocycles. The van der Waals surface area contributed by atoms with Crippen LogP contribution < -0.4 is 5.32 Å². The SMILES string of the molecule is CC(C(=O)NCCc1c[nH]c2ccccc12)N1CCCC(O)C1. The van der Waals surface area contributed by atoms with Crippen LogP contribution >= 0.6 is 0 Å². The Balaban J connectivity index is 1.51. The molecule has 0 radical (unpaired) electrons. The van der Waals surface area contributed by atoms with E-state index in [1.54, 1.807) is 0 Å². The Morgan fingerprint density at radius 1 is 1.48 bits per heavy atom. The average molecular weight is 315 g/mol. The van der Waals surface area contributed by atoms with E-state index in [2.05, 4.69) is 27.3 Å². The van der Waals surface area contributed by atoms with E-state index in [1.807, 2.05) is 25.3 Å². The maximum atomic E-state index is 12.3. The van der Waals surface area contributed by atoms with E-state index in [9.17, 15) is 9.90 Å². The number of rotatable bonds is 5. The predicted molar refractivity (Wildman–Crippen MR) is 91.3 cm³/mol. The quantitative estimate of drug-likeness (QED) is 0.786. The lowest BCUT2D eigenvalue weighted by molar-refractivity contribution is -0.126. The first-order valence-electron chi connectivity index (χ1n) is 8.40. The Bertz CT molecular complexity index is 667. The molecule has 1 amide bonds. The van der Waals surface area contributed by atoms with Crippen LogP contribution in [-0.4, -0.2) is 52.7 Å². The van der Waals surface area contributed by atoms with Gasteiger partial charge in [-0.3, -0.25) is 9.69 Å². The Labute approximate surface area is 136 Å². The number of hydrogen-bond donors (Lipinski definition) is 3. The van der Waals surface area contributed by atoms with Gasteiger partial charge in [0.1, 0.15) is 0 Å². The molecule has 1 saturated heterocycles. The molecule has 2 heterocycles. The smallest absolute Gasteiger partial charge is 0.237 e. The van der Waals surface area contributed by atoms with Crippen LogP contribution in [0.25, 0.3) is 10.9 Å². The molecule has 2 unspecified atom stereocenters. The fourth-order valence-corrected chi connectivity index (χ4v) is 3.31. The third kappa shape index (κ3) is 3.74. The number of nitrogens with one attached hydrogen (secondary N) is 2. The van der Waals surface area contributed by atoms with Crippen molar-refractivity contribution in [2.75, 3.05) is 19.6 Å². The third-order valence-corrected chi connectivity index (χ3v) is 4.72. The molecule has 0 spiro atoms. The summed E-state index contributed by atoms with van der Waals surface area (Å²) in [6.07, 6.45) is 4.32. The van der Waals surface area contributed by atoms with Crippen molar-refractivity contribution in [1.82, 2.24) is 15.2 Å². The summed E-state index contributed by atoms with van der Waals surface area (Å²) in [5.74, 6) is 0.0407. The zero-order chi connectivity index (χ0) is 16.2. The van der Waals surface area contributed by atoms with Crippen molar-refractivity contribution in [2.45, 2.75) is 38.3 Å². The molecular formula is C18H25N3O2. The van der Waals surface area contributed by atoms with Crippen LogP contribution in [0.2, 0.25) is 0 Å². The summed E-state index contributed by atoms with van der Waals surface area (Å²) in [7, 11) is 0. The number of aromatic amines is 1. The first kappa shape index (κ1) is 16.0. The number of benzene rings is 1. The fourth-order valence-electron chi connectivity index (χ4n) is 3.31. The van der Waals surface area contributed by atoms with Crippen LogP contribution in [0.5, 0.6) is 0 Å². The molecule has 0 bridgehead atoms. The van der Waals surface area contributed by atoms with Crippen LogP contribution in [0.1, 0.15) is 25.3 Å². The number of fused-ring (bicyclic) bond motifs is 1. The van der Waals surface area contributed by atoms with Gasteiger partial charge in [0, 0.05) is 30.2 Å². The molecular weight excluding hydrogens is 290 g/mol. The van der Waals surface area contributed by atoms with Crippen molar-refractivity contribution in [3.63, 3.8) is 0 Å². The first-order chi connectivity index (χ1) is 11.1. The number of nitrogens with zero attached hydrogens (tertiary/aromatic N) is 1. The Morgan fingerprint density at radius 2 is 2.30 bits per heavy atom. The Hall–Kier alpha value is -1.85. The van der Waals surface area contributed by atoms with Gasteiger partial charge in [0.05, 0.1) is 12.1 Å². The molecule has 1 aromatic heterocycles. The van der Waals surface area contributed by atoms with Crippen LogP contribution in [-0.2, 0) is 11.2 Å². The number of aliphatic hydroxyl groups is 1. The van der Waals surface area contributed by atoms with Gasteiger partial charge >= 0.3 is 0 Å². The number of hydrogen-bond acceptors (Lipinski definition) is 3. The highest BCUT2D eigenvalue weighted by atomic mass is 16.3. The van der Waals surface area contributed by atoms with Crippen LogP contribution in [0.15, 0.2) is 30.5 Å². The van der Waals surface area contributed by atoms with E-state index >= 15 is 0 Å². The number of amides is 1. The standard InChI is InChI=1S/C18H25N3O2/c1-13(21-10-4-5-15(22)12-21)18(23)19-9-8-14-11-20-17-7-3-2-6-16(14)17/h2-3,6-7,11,13,15,20,22H,4-5,8-10,12H2,1H3,(H,19,23). The summed E-state index contributed by atoms with van der Waals surface area (Å²) in [4.78, 5) is 17.6. The van der Waals surface area contributed by atoms with E-state index in [1.165, 1.54) is 10.9 Å². The molecule has 2 atom stereocenters. The average Bonchev–Trinajstić information content (AvgIpc) is 2.97. The predicted octanol–water partition coefficient (Wildman–Crippen LogP) is 1.67. The highest BCUT2D eigenvalue weighted by Crippen LogP contribution is 2.18. The van der Waals surface area contributed by atoms with E-state index in [0.717, 1.165) is 31.3 Å². The number of carbonyl (C=O) groups is 1. The van der Waals surface area contributed by atoms with E-state index < -0.39 is 0 Å². The lowest BCUT2D eigenvalue weighted by Gasteiger charge is -2.33. The molecule has 124 valence electrons. The normalized spacial score (nSPS) is 20.5. The largest absolute Gasteiger partial charge is 0.392 e. The van der Waals surface area contributed by atoms with Gasteiger partial charge in [-0.1, -0.05) is 18.2 Å². The highest BCUT2D eigenvalue weighted by Gasteiger charge is 2.26. The van der Waals surface area contributed by atoms with Crippen molar-refractivity contribution in [1.29, 1.82) is 0 Å². The molecule has 5 heteroatoms. The minimum Gasteiger partial charge on any atom is -0.392 e. The number of β-amino-alcohol motifs (C(OH)–C–C–N with tert-alkyl or cyclic N) is 1. The van der Waals surface area contributed by atoms with Crippen molar-refractivity contribution in [2.24, 2.45) is 0 Å². The number of likely N-dealkylation sites (tertiary alicyclic amines) is 1. The maximum Gasteiger partial charge on any atom is 0.237 e. The van der Waals surface area contributed by atoms with Crippen LogP contribution in [0.3, 0.4) is 0 Å². The van der Waals surface area contributed by atoms with Gasteiger partial charge in [-0.15, -0.1) is 0 Å². The van der Waals surface area contributed by atoms with Crippen molar-refractivity contribution in [3.8, 4) is 0 Å². The van der Waals surface area contributed by atoms with Crippen molar-refractivity contribution >= 4 is 16.8 Å². The summed E-state index contributed by atoms with van der Waals surface area (Å²) in [5.41, 5.74) is 2.35. The van der Waals surface area contributed by atoms with Gasteiger partial charge < -0.3 is 15.4 Å². The first-order valence-corrected chi connectivity index (χ1v) is 8.40. The molecule has 23 heavy (non-hydrogen) atoms. The minimum absolute atomic E-state index is 0.0407. The lowest BCUT2D eigenvalue weighted by atomic mass is 10.1. The second-order valence-corrected chi connectivity index (χ2v) is 6.37. The number of H-pyrrole nitrogens is 1. The number of aromatic nitrogens is 1. The Morgan fingerprint density at radius 3 is 3.13 bits per heavy atom. The van der Waals surface area contributed by atoms with Crippen molar-refractivity contribution in [3.05, 3.63) is 36.0 Å². The van der Waals surface area contributed by atoms with Gasteiger partial charge in [-0.25, -0.2) is 0 Å². The highest BCUT2D eigenvalue weighted by molar-refractivity contribution is 5.83. The monoisotopic (exact) mass is 315 g/mol. The van der Waals surface area contributed by atoms with Gasteiger partial charge in [0.15, 0.2) is 0 Å². The molecule has 1 aliphatic rings. The second kappa shape index (κ2) is 7.15. The molecule has 5 nitrogen and oxygen atoms in total. The molecule has 1 aromatic carbocycles. The lowest BCUT2D eigenvalue weighted by Crippen LogP contribution is -2.50. The van der Waals surface area contributed by atoms with Crippen LogP contribution in [0.4, 0.5) is 0 Å². The molecule has 0 saturated carbocycles. The molecule has 3 rings (SSSR count). The summed E-state index contributed by atoms with van der Waals surface area (Å²) in [6, 6.07) is 8.01. The van der Waals surface area contributed by atoms with Gasteiger partial charge in [0.25, 0.3) is 0 Å². The fraction of sp³-hybridized carbons (Fsp3) is 0.500. The summed E-state index contributed by atoms with van der Waals surface area (Å²) >= 11 is 0. The maximum absolute atomic E-state index is 12.3. The Kier molecular flexibility index (Phi) is 4.98. The second-order valence-electron chi connectivity index (χ2n) is 6.37. The summed E-state index contributed by atoms with van der Waals surface area (Å²) in [5, 5.41) is 14.0. The molecule has 2 aromatic rings. The topological polar surface area (TPSA) is 68.4 Å². The summed E-state index contributed by atoms with van der Waals surface area (Å²) in [6.45, 7) is 4.02. The number of aliphatic hydroxyl groups excluding tert-OH is 1.